The van der Waals surface area contributed by atoms with Crippen LogP contribution in [0.5, 0.6) is 0 Å². The summed E-state index contributed by atoms with van der Waals surface area (Å²) in [6, 6.07) is 0. The molecule has 140 valence electrons. The Kier molecular flexibility index (Phi) is 6.51. The van der Waals surface area contributed by atoms with Crippen LogP contribution in [0.1, 0.15) is 50.2 Å². The highest BCUT2D eigenvalue weighted by Crippen LogP contribution is 2.42. The Labute approximate surface area is 171 Å². The molecule has 1 saturated carbocycles. The number of nitrogens with one attached hydrogen (secondary N) is 1. The highest BCUT2D eigenvalue weighted by atomic mass is 127. The van der Waals surface area contributed by atoms with Gasteiger partial charge in [0.15, 0.2) is 11.8 Å². The van der Waals surface area contributed by atoms with E-state index in [4.69, 9.17) is 0 Å². The standard InChI is InChI=1S/C17H28N6S.HI/c1-18-16(19-12-15-21-20-14-6-5-9-23(14)15)22-10-11-24-17(13-22)7-3-2-4-8-17;/h2-13H2,1H3,(H,18,19);1H. The fourth-order valence-electron chi connectivity index (χ4n) is 4.36. The van der Waals surface area contributed by atoms with Crippen LogP contribution in [0.15, 0.2) is 4.99 Å². The van der Waals surface area contributed by atoms with Crippen molar-refractivity contribution in [2.45, 2.75) is 62.8 Å². The maximum Gasteiger partial charge on any atom is 0.194 e. The molecule has 1 spiro atoms. The first-order chi connectivity index (χ1) is 11.8. The third-order valence-corrected chi connectivity index (χ3v) is 7.15. The molecule has 0 radical (unpaired) electrons. The minimum Gasteiger partial charge on any atom is -0.349 e. The third kappa shape index (κ3) is 4.09. The van der Waals surface area contributed by atoms with E-state index in [-0.39, 0.29) is 24.0 Å². The predicted molar refractivity (Wildman–Crippen MR) is 114 cm³/mol. The maximum absolute atomic E-state index is 4.55. The third-order valence-electron chi connectivity index (χ3n) is 5.62. The van der Waals surface area contributed by atoms with Gasteiger partial charge >= 0.3 is 0 Å². The van der Waals surface area contributed by atoms with Gasteiger partial charge in [-0.2, -0.15) is 11.8 Å². The van der Waals surface area contributed by atoms with E-state index in [0.29, 0.717) is 4.75 Å². The van der Waals surface area contributed by atoms with Crippen LogP contribution < -0.4 is 5.32 Å². The van der Waals surface area contributed by atoms with Gasteiger partial charge in [0.05, 0.1) is 6.54 Å². The van der Waals surface area contributed by atoms with Crippen molar-refractivity contribution in [3.05, 3.63) is 11.6 Å². The first-order valence-corrected chi connectivity index (χ1v) is 10.3. The molecular weight excluding hydrogens is 447 g/mol. The summed E-state index contributed by atoms with van der Waals surface area (Å²) in [4.78, 5) is 7.01. The van der Waals surface area contributed by atoms with Crippen LogP contribution in [0.25, 0.3) is 0 Å². The molecule has 1 aromatic heterocycles. The van der Waals surface area contributed by atoms with Crippen molar-refractivity contribution >= 4 is 41.7 Å². The Balaban J connectivity index is 0.00000182. The van der Waals surface area contributed by atoms with Gasteiger partial charge in [-0.25, -0.2) is 0 Å². The number of hydrogen-bond acceptors (Lipinski definition) is 4. The summed E-state index contributed by atoms with van der Waals surface area (Å²) >= 11 is 2.20. The van der Waals surface area contributed by atoms with Crippen molar-refractivity contribution in [1.29, 1.82) is 0 Å². The summed E-state index contributed by atoms with van der Waals surface area (Å²) in [6.07, 6.45) is 9.17. The molecule has 1 aromatic rings. The molecule has 8 heteroatoms. The van der Waals surface area contributed by atoms with E-state index in [9.17, 15) is 0 Å². The fourth-order valence-corrected chi connectivity index (χ4v) is 5.93. The smallest absolute Gasteiger partial charge is 0.194 e. The summed E-state index contributed by atoms with van der Waals surface area (Å²) in [5.41, 5.74) is 0. The molecule has 0 amide bonds. The summed E-state index contributed by atoms with van der Waals surface area (Å²) in [7, 11) is 1.89. The number of halogens is 1. The zero-order valence-corrected chi connectivity index (χ0v) is 18.2. The van der Waals surface area contributed by atoms with E-state index >= 15 is 0 Å². The molecular formula is C17H29IN6S. The second kappa shape index (κ2) is 8.45. The Bertz CT molecular complexity index is 605. The Morgan fingerprint density at radius 3 is 2.84 bits per heavy atom. The van der Waals surface area contributed by atoms with Crippen LogP contribution in [0, 0.1) is 0 Å². The summed E-state index contributed by atoms with van der Waals surface area (Å²) in [5.74, 6) is 4.41. The van der Waals surface area contributed by atoms with Crippen molar-refractivity contribution in [3.8, 4) is 0 Å². The first-order valence-electron chi connectivity index (χ1n) is 9.30. The molecule has 1 aliphatic carbocycles. The van der Waals surface area contributed by atoms with Crippen molar-refractivity contribution in [2.24, 2.45) is 4.99 Å². The van der Waals surface area contributed by atoms with Gasteiger partial charge in [0.2, 0.25) is 0 Å². The lowest BCUT2D eigenvalue weighted by molar-refractivity contribution is 0.293. The number of thioether (sulfide) groups is 1. The van der Waals surface area contributed by atoms with E-state index in [1.807, 2.05) is 7.05 Å². The molecule has 2 fully saturated rings. The van der Waals surface area contributed by atoms with Crippen molar-refractivity contribution in [3.63, 3.8) is 0 Å². The zero-order valence-electron chi connectivity index (χ0n) is 15.0. The lowest BCUT2D eigenvalue weighted by Crippen LogP contribution is -2.53. The average molecular weight is 476 g/mol. The van der Waals surface area contributed by atoms with Crippen LogP contribution in [0.2, 0.25) is 0 Å². The van der Waals surface area contributed by atoms with Gasteiger partial charge in [-0.15, -0.1) is 34.2 Å². The number of aryl methyl sites for hydroxylation is 1. The van der Waals surface area contributed by atoms with Gasteiger partial charge in [-0.1, -0.05) is 19.3 Å². The Morgan fingerprint density at radius 1 is 1.20 bits per heavy atom. The second-order valence-corrected chi connectivity index (χ2v) is 8.77. The van der Waals surface area contributed by atoms with E-state index in [2.05, 4.69) is 41.7 Å². The number of rotatable bonds is 2. The number of hydrogen-bond donors (Lipinski definition) is 1. The fraction of sp³-hybridized carbons (Fsp3) is 0.824. The van der Waals surface area contributed by atoms with E-state index in [1.165, 1.54) is 44.3 Å². The SMILES string of the molecule is CN=C(NCc1nnc2n1CCC2)N1CCSC2(CCCCC2)C1.I. The molecule has 0 atom stereocenters. The van der Waals surface area contributed by atoms with Crippen LogP contribution in [-0.2, 0) is 19.5 Å². The lowest BCUT2D eigenvalue weighted by Gasteiger charge is -2.45. The van der Waals surface area contributed by atoms with Gasteiger partial charge in [0, 0.05) is 43.6 Å². The molecule has 2 aliphatic heterocycles. The molecule has 0 aromatic carbocycles. The Hall–Kier alpha value is -0.510. The van der Waals surface area contributed by atoms with Crippen molar-refractivity contribution in [1.82, 2.24) is 25.0 Å². The van der Waals surface area contributed by atoms with Crippen LogP contribution >= 0.6 is 35.7 Å². The predicted octanol–water partition coefficient (Wildman–Crippen LogP) is 2.67. The number of nitrogens with zero attached hydrogens (tertiary/aromatic N) is 5. The molecule has 3 heterocycles. The van der Waals surface area contributed by atoms with Crippen molar-refractivity contribution < 1.29 is 0 Å². The van der Waals surface area contributed by atoms with E-state index in [1.54, 1.807) is 0 Å². The summed E-state index contributed by atoms with van der Waals surface area (Å²) in [6.45, 7) is 4.00. The van der Waals surface area contributed by atoms with E-state index in [0.717, 1.165) is 50.2 Å². The maximum atomic E-state index is 4.55. The highest BCUT2D eigenvalue weighted by molar-refractivity contribution is 14.0. The summed E-state index contributed by atoms with van der Waals surface area (Å²) < 4.78 is 2.72. The largest absolute Gasteiger partial charge is 0.349 e. The molecule has 0 unspecified atom stereocenters. The van der Waals surface area contributed by atoms with Crippen LogP contribution in [0.3, 0.4) is 0 Å². The number of fused-ring (bicyclic) bond motifs is 1. The topological polar surface area (TPSA) is 58.3 Å². The van der Waals surface area contributed by atoms with Gasteiger partial charge < -0.3 is 14.8 Å². The Morgan fingerprint density at radius 2 is 2.04 bits per heavy atom. The second-order valence-electron chi connectivity index (χ2n) is 7.20. The average Bonchev–Trinajstić information content (AvgIpc) is 3.21. The van der Waals surface area contributed by atoms with Gasteiger partial charge in [0.25, 0.3) is 0 Å². The van der Waals surface area contributed by atoms with Gasteiger partial charge in [-0.05, 0) is 19.3 Å². The zero-order chi connectivity index (χ0) is 16.4. The highest BCUT2D eigenvalue weighted by Gasteiger charge is 2.38. The van der Waals surface area contributed by atoms with Gasteiger partial charge in [0.1, 0.15) is 5.82 Å². The monoisotopic (exact) mass is 476 g/mol. The minimum absolute atomic E-state index is 0. The minimum atomic E-state index is 0. The molecule has 6 nitrogen and oxygen atoms in total. The van der Waals surface area contributed by atoms with Crippen LogP contribution in [0.4, 0.5) is 0 Å². The van der Waals surface area contributed by atoms with Crippen LogP contribution in [-0.4, -0.2) is 56.3 Å². The molecule has 1 N–H and O–H groups in total. The summed E-state index contributed by atoms with van der Waals surface area (Å²) in [5, 5.41) is 12.2. The normalized spacial score (nSPS) is 22.6. The molecule has 25 heavy (non-hydrogen) atoms. The molecule has 3 aliphatic rings. The number of aliphatic imine (C=N–C) groups is 1. The quantitative estimate of drug-likeness (QED) is 0.404. The molecule has 4 rings (SSSR count). The van der Waals surface area contributed by atoms with Gasteiger partial charge in [-0.3, -0.25) is 4.99 Å². The number of guanidine groups is 1. The number of aromatic nitrogens is 3. The first kappa shape index (κ1) is 19.3. The van der Waals surface area contributed by atoms with Crippen molar-refractivity contribution in [2.75, 3.05) is 25.9 Å². The lowest BCUT2D eigenvalue weighted by atomic mass is 9.87. The molecule has 0 bridgehead atoms. The molecule has 1 saturated heterocycles. The van der Waals surface area contributed by atoms with E-state index < -0.39 is 0 Å².